The van der Waals surface area contributed by atoms with Crippen molar-refractivity contribution in [1.29, 1.82) is 0 Å². The second-order valence-corrected chi connectivity index (χ2v) is 5.53. The second kappa shape index (κ2) is 5.46. The minimum atomic E-state index is -0.414. The quantitative estimate of drug-likeness (QED) is 0.872. The highest BCUT2D eigenvalue weighted by Gasteiger charge is 2.23. The smallest absolute Gasteiger partial charge is 0.273 e. The number of nitrogens with one attached hydrogen (secondary N) is 2. The molecule has 20 heavy (non-hydrogen) atoms. The van der Waals surface area contributed by atoms with Gasteiger partial charge in [-0.1, -0.05) is 11.2 Å². The maximum atomic E-state index is 11.8. The van der Waals surface area contributed by atoms with Gasteiger partial charge in [0.25, 0.3) is 5.91 Å². The van der Waals surface area contributed by atoms with E-state index in [0.29, 0.717) is 5.76 Å². The first-order valence-electron chi connectivity index (χ1n) is 6.30. The predicted octanol–water partition coefficient (Wildman–Crippen LogP) is 1.41. The third kappa shape index (κ3) is 3.05. The average molecular weight is 291 g/mol. The molecule has 7 heteroatoms. The van der Waals surface area contributed by atoms with E-state index in [2.05, 4.69) is 15.8 Å². The standard InChI is InChI=1S/C13H13N3O3S/c17-12(15-8-3-4-8)7-14-13(18)9-6-10(19-16-9)11-2-1-5-20-11/h1-2,5-6,8H,3-4,7H2,(H,14,18)(H,15,17). The summed E-state index contributed by atoms with van der Waals surface area (Å²) in [5.41, 5.74) is 0.174. The molecule has 104 valence electrons. The predicted molar refractivity (Wildman–Crippen MR) is 73.3 cm³/mol. The average Bonchev–Trinajstić information content (AvgIpc) is 2.97. The van der Waals surface area contributed by atoms with Crippen molar-refractivity contribution in [2.24, 2.45) is 0 Å². The minimum Gasteiger partial charge on any atom is -0.355 e. The molecule has 2 heterocycles. The van der Waals surface area contributed by atoms with E-state index >= 15 is 0 Å². The van der Waals surface area contributed by atoms with Crippen LogP contribution in [0.2, 0.25) is 0 Å². The van der Waals surface area contributed by atoms with Gasteiger partial charge in [0.05, 0.1) is 11.4 Å². The Kier molecular flexibility index (Phi) is 3.51. The van der Waals surface area contributed by atoms with Gasteiger partial charge in [0.1, 0.15) is 0 Å². The number of amides is 2. The zero-order valence-electron chi connectivity index (χ0n) is 10.6. The molecule has 2 aromatic rings. The Labute approximate surface area is 119 Å². The van der Waals surface area contributed by atoms with Crippen LogP contribution in [0.25, 0.3) is 10.6 Å². The van der Waals surface area contributed by atoms with Crippen LogP contribution in [0.1, 0.15) is 23.3 Å². The lowest BCUT2D eigenvalue weighted by Crippen LogP contribution is -2.37. The molecule has 2 amide bonds. The van der Waals surface area contributed by atoms with Crippen molar-refractivity contribution in [3.63, 3.8) is 0 Å². The molecule has 1 saturated carbocycles. The zero-order valence-corrected chi connectivity index (χ0v) is 11.4. The van der Waals surface area contributed by atoms with Gasteiger partial charge < -0.3 is 15.2 Å². The number of carbonyl (C=O) groups excluding carboxylic acids is 2. The Bertz CT molecular complexity index is 617. The maximum Gasteiger partial charge on any atom is 0.273 e. The van der Waals surface area contributed by atoms with Crippen LogP contribution < -0.4 is 10.6 Å². The largest absolute Gasteiger partial charge is 0.355 e. The zero-order chi connectivity index (χ0) is 13.9. The van der Waals surface area contributed by atoms with Gasteiger partial charge in [0, 0.05) is 12.1 Å². The summed E-state index contributed by atoms with van der Waals surface area (Å²) in [6, 6.07) is 5.64. The van der Waals surface area contributed by atoms with Gasteiger partial charge in [0.15, 0.2) is 11.5 Å². The molecule has 1 aliphatic carbocycles. The Morgan fingerprint density at radius 1 is 1.45 bits per heavy atom. The highest BCUT2D eigenvalue weighted by molar-refractivity contribution is 7.13. The summed E-state index contributed by atoms with van der Waals surface area (Å²) in [5, 5.41) is 10.9. The van der Waals surface area contributed by atoms with Crippen molar-refractivity contribution in [2.75, 3.05) is 6.54 Å². The number of carbonyl (C=O) groups is 2. The van der Waals surface area contributed by atoms with E-state index in [1.807, 2.05) is 17.5 Å². The Morgan fingerprint density at radius 2 is 2.30 bits per heavy atom. The molecule has 1 fully saturated rings. The maximum absolute atomic E-state index is 11.8. The summed E-state index contributed by atoms with van der Waals surface area (Å²) >= 11 is 1.50. The molecular formula is C13H13N3O3S. The van der Waals surface area contributed by atoms with Crippen molar-refractivity contribution >= 4 is 23.2 Å². The van der Waals surface area contributed by atoms with Crippen LogP contribution >= 0.6 is 11.3 Å². The lowest BCUT2D eigenvalue weighted by Gasteiger charge is -2.03. The molecule has 0 bridgehead atoms. The molecule has 0 unspecified atom stereocenters. The van der Waals surface area contributed by atoms with E-state index in [4.69, 9.17) is 4.52 Å². The highest BCUT2D eigenvalue weighted by Crippen LogP contribution is 2.25. The van der Waals surface area contributed by atoms with Gasteiger partial charge in [0.2, 0.25) is 5.91 Å². The summed E-state index contributed by atoms with van der Waals surface area (Å²) in [7, 11) is 0. The molecule has 1 aliphatic rings. The van der Waals surface area contributed by atoms with Crippen molar-refractivity contribution in [2.45, 2.75) is 18.9 Å². The first-order valence-corrected chi connectivity index (χ1v) is 7.18. The SMILES string of the molecule is O=C(CNC(=O)c1cc(-c2cccs2)on1)NC1CC1. The number of nitrogens with zero attached hydrogens (tertiary/aromatic N) is 1. The van der Waals surface area contributed by atoms with Crippen LogP contribution in [0.4, 0.5) is 0 Å². The molecule has 0 saturated heterocycles. The number of thiophene rings is 1. The Balaban J connectivity index is 1.55. The summed E-state index contributed by atoms with van der Waals surface area (Å²) in [4.78, 5) is 24.2. The molecule has 0 aromatic carbocycles. The van der Waals surface area contributed by atoms with Gasteiger partial charge in [-0.15, -0.1) is 11.3 Å². The van der Waals surface area contributed by atoms with E-state index in [-0.39, 0.29) is 24.2 Å². The molecule has 2 N–H and O–H groups in total. The van der Waals surface area contributed by atoms with E-state index < -0.39 is 5.91 Å². The lowest BCUT2D eigenvalue weighted by molar-refractivity contribution is -0.120. The number of hydrogen-bond donors (Lipinski definition) is 2. The summed E-state index contributed by atoms with van der Waals surface area (Å²) in [5.74, 6) is -0.0436. The topological polar surface area (TPSA) is 84.2 Å². The Morgan fingerprint density at radius 3 is 3.00 bits per heavy atom. The molecule has 0 radical (unpaired) electrons. The fraction of sp³-hybridized carbons (Fsp3) is 0.308. The molecule has 6 nitrogen and oxygen atoms in total. The van der Waals surface area contributed by atoms with Crippen molar-refractivity contribution in [1.82, 2.24) is 15.8 Å². The molecule has 0 aliphatic heterocycles. The highest BCUT2D eigenvalue weighted by atomic mass is 32.1. The number of rotatable bonds is 5. The fourth-order valence-electron chi connectivity index (χ4n) is 1.67. The van der Waals surface area contributed by atoms with E-state index in [9.17, 15) is 9.59 Å². The van der Waals surface area contributed by atoms with Crippen molar-refractivity contribution < 1.29 is 14.1 Å². The molecular weight excluding hydrogens is 278 g/mol. The first kappa shape index (κ1) is 12.9. The number of aromatic nitrogens is 1. The monoisotopic (exact) mass is 291 g/mol. The van der Waals surface area contributed by atoms with Gasteiger partial charge in [-0.2, -0.15) is 0 Å². The Hall–Kier alpha value is -2.15. The first-order chi connectivity index (χ1) is 9.72. The van der Waals surface area contributed by atoms with Crippen LogP contribution in [0, 0.1) is 0 Å². The molecule has 0 atom stereocenters. The summed E-state index contributed by atoms with van der Waals surface area (Å²) in [6.45, 7) is -0.0451. The van der Waals surface area contributed by atoms with Crippen molar-refractivity contribution in [3.8, 4) is 10.6 Å². The summed E-state index contributed by atoms with van der Waals surface area (Å²) in [6.07, 6.45) is 2.04. The van der Waals surface area contributed by atoms with Crippen LogP contribution in [0.5, 0.6) is 0 Å². The van der Waals surface area contributed by atoms with Crippen LogP contribution in [0.3, 0.4) is 0 Å². The van der Waals surface area contributed by atoms with Gasteiger partial charge in [-0.05, 0) is 24.3 Å². The number of hydrogen-bond acceptors (Lipinski definition) is 5. The van der Waals surface area contributed by atoms with E-state index in [0.717, 1.165) is 17.7 Å². The van der Waals surface area contributed by atoms with Crippen LogP contribution in [0.15, 0.2) is 28.1 Å². The van der Waals surface area contributed by atoms with Gasteiger partial charge in [-0.25, -0.2) is 0 Å². The van der Waals surface area contributed by atoms with Crippen LogP contribution in [-0.4, -0.2) is 29.6 Å². The van der Waals surface area contributed by atoms with Crippen LogP contribution in [-0.2, 0) is 4.79 Å². The van der Waals surface area contributed by atoms with E-state index in [1.165, 1.54) is 11.3 Å². The third-order valence-corrected chi connectivity index (χ3v) is 3.74. The van der Waals surface area contributed by atoms with E-state index in [1.54, 1.807) is 6.07 Å². The van der Waals surface area contributed by atoms with Crippen molar-refractivity contribution in [3.05, 3.63) is 29.3 Å². The third-order valence-electron chi connectivity index (χ3n) is 2.86. The lowest BCUT2D eigenvalue weighted by atomic mass is 10.3. The second-order valence-electron chi connectivity index (χ2n) is 4.58. The molecule has 2 aromatic heterocycles. The summed E-state index contributed by atoms with van der Waals surface area (Å²) < 4.78 is 5.11. The fourth-order valence-corrected chi connectivity index (χ4v) is 2.35. The normalized spacial score (nSPS) is 14.0. The molecule has 3 rings (SSSR count). The minimum absolute atomic E-state index is 0.0451. The van der Waals surface area contributed by atoms with Gasteiger partial charge >= 0.3 is 0 Å². The van der Waals surface area contributed by atoms with Gasteiger partial charge in [-0.3, -0.25) is 9.59 Å². The molecule has 0 spiro atoms.